The Hall–Kier alpha value is -0.690. The van der Waals surface area contributed by atoms with E-state index in [1.807, 2.05) is 0 Å². The fraction of sp³-hybridized carbons (Fsp3) is 0.923. The topological polar surface area (TPSA) is 84.2 Å². The predicted molar refractivity (Wildman–Crippen MR) is 71.6 cm³/mol. The van der Waals surface area contributed by atoms with Crippen molar-refractivity contribution in [1.29, 1.82) is 0 Å². The Bertz CT molecular complexity index is 282. The van der Waals surface area contributed by atoms with Crippen molar-refractivity contribution in [2.45, 2.75) is 45.0 Å². The fourth-order valence-electron chi connectivity index (χ4n) is 2.40. The van der Waals surface area contributed by atoms with E-state index in [9.17, 15) is 20.1 Å². The fourth-order valence-corrected chi connectivity index (χ4v) is 2.40. The quantitative estimate of drug-likeness (QED) is 0.556. The first-order valence-corrected chi connectivity index (χ1v) is 7.06. The van der Waals surface area contributed by atoms with E-state index in [0.29, 0.717) is 6.54 Å². The summed E-state index contributed by atoms with van der Waals surface area (Å²) in [4.78, 5) is 15.5. The van der Waals surface area contributed by atoms with E-state index >= 15 is 0 Å². The number of β-amino-alcohol motifs (C(OH)–C–C–N with tert-alkyl or cyclic N) is 1. The molecule has 1 saturated heterocycles. The second-order valence-corrected chi connectivity index (χ2v) is 5.13. The molecule has 112 valence electrons. The summed E-state index contributed by atoms with van der Waals surface area (Å²) < 4.78 is 0. The Balaban J connectivity index is 2.49. The first kappa shape index (κ1) is 16.4. The number of amides is 1. The molecule has 0 aromatic carbocycles. The monoisotopic (exact) mass is 274 g/mol. The van der Waals surface area contributed by atoms with Crippen molar-refractivity contribution in [2.75, 3.05) is 32.7 Å². The van der Waals surface area contributed by atoms with E-state index in [-0.39, 0.29) is 6.54 Å². The minimum Gasteiger partial charge on any atom is -0.388 e. The third-order valence-electron chi connectivity index (χ3n) is 3.46. The van der Waals surface area contributed by atoms with E-state index in [0.717, 1.165) is 32.5 Å². The van der Waals surface area contributed by atoms with Crippen LogP contribution in [0.3, 0.4) is 0 Å². The summed E-state index contributed by atoms with van der Waals surface area (Å²) in [7, 11) is 0. The molecule has 3 N–H and O–H groups in total. The van der Waals surface area contributed by atoms with E-state index < -0.39 is 24.2 Å². The molecule has 0 spiro atoms. The molecule has 0 bridgehead atoms. The van der Waals surface area contributed by atoms with Gasteiger partial charge in [0.2, 0.25) is 0 Å². The summed E-state index contributed by atoms with van der Waals surface area (Å²) >= 11 is 0. The second kappa shape index (κ2) is 7.79. The van der Waals surface area contributed by atoms with Crippen LogP contribution in [-0.2, 0) is 4.79 Å². The van der Waals surface area contributed by atoms with Crippen molar-refractivity contribution in [3.05, 3.63) is 0 Å². The molecule has 1 aliphatic heterocycles. The van der Waals surface area contributed by atoms with Crippen LogP contribution in [0.2, 0.25) is 0 Å². The highest BCUT2D eigenvalue weighted by molar-refractivity contribution is 5.82. The number of aliphatic hydroxyl groups excluding tert-OH is 3. The van der Waals surface area contributed by atoms with Gasteiger partial charge in [-0.15, -0.1) is 0 Å². The summed E-state index contributed by atoms with van der Waals surface area (Å²) in [6.07, 6.45) is -1.84. The maximum absolute atomic E-state index is 11.8. The van der Waals surface area contributed by atoms with Gasteiger partial charge in [-0.05, 0) is 25.9 Å². The van der Waals surface area contributed by atoms with E-state index in [4.69, 9.17) is 0 Å². The molecule has 0 aromatic heterocycles. The van der Waals surface area contributed by atoms with E-state index in [2.05, 4.69) is 18.7 Å². The molecule has 6 nitrogen and oxygen atoms in total. The summed E-state index contributed by atoms with van der Waals surface area (Å²) in [5.74, 6) is -0.495. The number of likely N-dealkylation sites (tertiary alicyclic amines) is 1. The maximum Gasteiger partial charge on any atom is 0.254 e. The lowest BCUT2D eigenvalue weighted by molar-refractivity contribution is -0.165. The predicted octanol–water partition coefficient (Wildman–Crippen LogP) is -0.967. The molecular weight excluding hydrogens is 248 g/mol. The van der Waals surface area contributed by atoms with Gasteiger partial charge >= 0.3 is 0 Å². The van der Waals surface area contributed by atoms with Gasteiger partial charge in [-0.25, -0.2) is 0 Å². The van der Waals surface area contributed by atoms with Gasteiger partial charge in [0.1, 0.15) is 12.2 Å². The van der Waals surface area contributed by atoms with Crippen molar-refractivity contribution in [3.63, 3.8) is 0 Å². The van der Waals surface area contributed by atoms with Crippen LogP contribution < -0.4 is 0 Å². The number of carbonyl (C=O) groups is 1. The molecule has 19 heavy (non-hydrogen) atoms. The van der Waals surface area contributed by atoms with Crippen molar-refractivity contribution >= 4 is 5.91 Å². The molecule has 0 saturated carbocycles. The Morgan fingerprint density at radius 2 is 1.74 bits per heavy atom. The van der Waals surface area contributed by atoms with Crippen LogP contribution in [0.1, 0.15) is 26.7 Å². The van der Waals surface area contributed by atoms with Gasteiger partial charge in [0.05, 0.1) is 0 Å². The van der Waals surface area contributed by atoms with Gasteiger partial charge in [-0.2, -0.15) is 0 Å². The molecule has 1 fully saturated rings. The molecule has 0 aliphatic carbocycles. The summed E-state index contributed by atoms with van der Waals surface area (Å²) in [5, 5.41) is 28.6. The van der Waals surface area contributed by atoms with E-state index in [1.54, 1.807) is 0 Å². The lowest BCUT2D eigenvalue weighted by Gasteiger charge is -2.37. The Morgan fingerprint density at radius 3 is 2.26 bits per heavy atom. The highest BCUT2D eigenvalue weighted by Gasteiger charge is 2.39. The number of hydrogen-bond acceptors (Lipinski definition) is 5. The van der Waals surface area contributed by atoms with Crippen LogP contribution in [0.4, 0.5) is 0 Å². The highest BCUT2D eigenvalue weighted by Crippen LogP contribution is 2.13. The zero-order valence-corrected chi connectivity index (χ0v) is 11.8. The first-order valence-electron chi connectivity index (χ1n) is 7.06. The van der Waals surface area contributed by atoms with Crippen LogP contribution in [0.5, 0.6) is 0 Å². The second-order valence-electron chi connectivity index (χ2n) is 5.13. The number of hydrogen-bond donors (Lipinski definition) is 3. The Morgan fingerprint density at radius 1 is 1.16 bits per heavy atom. The highest BCUT2D eigenvalue weighted by atomic mass is 16.4. The zero-order valence-electron chi connectivity index (χ0n) is 11.8. The largest absolute Gasteiger partial charge is 0.388 e. The van der Waals surface area contributed by atoms with Gasteiger partial charge in [0, 0.05) is 19.6 Å². The SMILES string of the molecule is CCCN(CCC)CCN1C[C@@H](O)[C@@H](O)[C@H](O)C1=O. The van der Waals surface area contributed by atoms with Gasteiger partial charge in [0.25, 0.3) is 5.91 Å². The van der Waals surface area contributed by atoms with E-state index in [1.165, 1.54) is 4.90 Å². The summed E-state index contributed by atoms with van der Waals surface area (Å²) in [6.45, 7) is 7.45. The third kappa shape index (κ3) is 4.42. The molecule has 1 aliphatic rings. The minimum absolute atomic E-state index is 0.0865. The van der Waals surface area contributed by atoms with Crippen molar-refractivity contribution in [1.82, 2.24) is 9.80 Å². The van der Waals surface area contributed by atoms with Crippen molar-refractivity contribution in [3.8, 4) is 0 Å². The number of piperidine rings is 1. The Labute approximate surface area is 114 Å². The van der Waals surface area contributed by atoms with Crippen LogP contribution in [0, 0.1) is 0 Å². The summed E-state index contributed by atoms with van der Waals surface area (Å²) in [5.41, 5.74) is 0. The molecule has 1 amide bonds. The number of aliphatic hydroxyl groups is 3. The summed E-state index contributed by atoms with van der Waals surface area (Å²) in [6, 6.07) is 0. The lowest BCUT2D eigenvalue weighted by atomic mass is 10.0. The molecule has 0 unspecified atom stereocenters. The molecule has 3 atom stereocenters. The van der Waals surface area contributed by atoms with Crippen molar-refractivity contribution < 1.29 is 20.1 Å². The van der Waals surface area contributed by atoms with Gasteiger partial charge < -0.3 is 25.1 Å². The number of carbonyl (C=O) groups excluding carboxylic acids is 1. The lowest BCUT2D eigenvalue weighted by Crippen LogP contribution is -2.59. The van der Waals surface area contributed by atoms with Gasteiger partial charge in [-0.1, -0.05) is 13.8 Å². The van der Waals surface area contributed by atoms with Crippen molar-refractivity contribution in [2.24, 2.45) is 0 Å². The van der Waals surface area contributed by atoms with Crippen LogP contribution in [-0.4, -0.2) is 82.1 Å². The molecular formula is C13H26N2O4. The van der Waals surface area contributed by atoms with Crippen LogP contribution in [0.25, 0.3) is 0 Å². The van der Waals surface area contributed by atoms with Gasteiger partial charge in [0.15, 0.2) is 6.10 Å². The zero-order chi connectivity index (χ0) is 14.4. The minimum atomic E-state index is -1.51. The normalized spacial score (nSPS) is 28.2. The molecule has 1 heterocycles. The molecule has 0 radical (unpaired) electrons. The standard InChI is InChI=1S/C13H26N2O4/c1-3-5-14(6-4-2)7-8-15-9-10(16)11(17)12(18)13(15)19/h10-12,16-18H,3-9H2,1-2H3/t10-,11-,12+/m1/s1. The number of nitrogens with zero attached hydrogens (tertiary/aromatic N) is 2. The average Bonchev–Trinajstić information content (AvgIpc) is 2.39. The molecule has 1 rings (SSSR count). The molecule has 0 aromatic rings. The number of rotatable bonds is 7. The smallest absolute Gasteiger partial charge is 0.254 e. The third-order valence-corrected chi connectivity index (χ3v) is 3.46. The van der Waals surface area contributed by atoms with Gasteiger partial charge in [-0.3, -0.25) is 4.79 Å². The molecule has 6 heteroatoms. The van der Waals surface area contributed by atoms with Crippen LogP contribution in [0.15, 0.2) is 0 Å². The van der Waals surface area contributed by atoms with Crippen LogP contribution >= 0.6 is 0 Å². The maximum atomic E-state index is 11.8. The Kier molecular flexibility index (Phi) is 6.71. The average molecular weight is 274 g/mol. The first-order chi connectivity index (χ1) is 9.01.